The quantitative estimate of drug-likeness (QED) is 0.885. The van der Waals surface area contributed by atoms with E-state index in [1.165, 1.54) is 0 Å². The van der Waals surface area contributed by atoms with Crippen molar-refractivity contribution in [2.45, 2.75) is 13.0 Å². The molecule has 2 N–H and O–H groups in total. The molecule has 0 amide bonds. The molecule has 0 aliphatic heterocycles. The molecule has 0 radical (unpaired) electrons. The molecule has 2 aromatic heterocycles. The van der Waals surface area contributed by atoms with Crippen molar-refractivity contribution in [3.05, 3.63) is 45.8 Å². The van der Waals surface area contributed by atoms with Crippen LogP contribution in [0.1, 0.15) is 22.8 Å². The maximum atomic E-state index is 9.94. The molecule has 2 aromatic rings. The number of rotatable bonds is 4. The van der Waals surface area contributed by atoms with Gasteiger partial charge < -0.3 is 10.4 Å². The summed E-state index contributed by atoms with van der Waals surface area (Å²) in [6, 6.07) is 5.79. The van der Waals surface area contributed by atoms with Gasteiger partial charge in [-0.05, 0) is 40.9 Å². The second-order valence-corrected chi connectivity index (χ2v) is 4.70. The van der Waals surface area contributed by atoms with Crippen LogP contribution in [0, 0.1) is 18.3 Å². The summed E-state index contributed by atoms with van der Waals surface area (Å²) in [5.74, 6) is 0.520. The molecule has 92 valence electrons. The van der Waals surface area contributed by atoms with Gasteiger partial charge in [-0.1, -0.05) is 0 Å². The van der Waals surface area contributed by atoms with Gasteiger partial charge in [-0.2, -0.15) is 16.6 Å². The lowest BCUT2D eigenvalue weighted by atomic mass is 10.1. The summed E-state index contributed by atoms with van der Waals surface area (Å²) in [6.07, 6.45) is 1.06. The first kappa shape index (κ1) is 12.6. The van der Waals surface area contributed by atoms with E-state index < -0.39 is 6.10 Å². The molecule has 0 fully saturated rings. The second-order valence-electron chi connectivity index (χ2n) is 3.92. The number of hydrogen-bond acceptors (Lipinski definition) is 5. The van der Waals surface area contributed by atoms with Gasteiger partial charge in [0.15, 0.2) is 0 Å². The largest absolute Gasteiger partial charge is 0.387 e. The van der Waals surface area contributed by atoms with Gasteiger partial charge >= 0.3 is 0 Å². The van der Waals surface area contributed by atoms with Gasteiger partial charge in [-0.15, -0.1) is 0 Å². The van der Waals surface area contributed by atoms with E-state index in [-0.39, 0.29) is 0 Å². The summed E-state index contributed by atoms with van der Waals surface area (Å²) in [5.41, 5.74) is 2.27. The molecule has 1 atom stereocenters. The average molecular weight is 259 g/mol. The van der Waals surface area contributed by atoms with E-state index in [1.807, 2.05) is 23.8 Å². The van der Waals surface area contributed by atoms with E-state index in [9.17, 15) is 5.11 Å². The minimum Gasteiger partial charge on any atom is -0.387 e. The average Bonchev–Trinajstić information content (AvgIpc) is 2.90. The van der Waals surface area contributed by atoms with Gasteiger partial charge in [-0.3, -0.25) is 0 Å². The van der Waals surface area contributed by atoms with E-state index in [1.54, 1.807) is 23.6 Å². The molecule has 0 aliphatic carbocycles. The minimum absolute atomic E-state index is 0.335. The monoisotopic (exact) mass is 259 g/mol. The van der Waals surface area contributed by atoms with E-state index in [0.717, 1.165) is 11.1 Å². The van der Waals surface area contributed by atoms with Crippen molar-refractivity contribution in [2.75, 3.05) is 11.9 Å². The lowest BCUT2D eigenvalue weighted by Crippen LogP contribution is -2.13. The van der Waals surface area contributed by atoms with Gasteiger partial charge in [0.25, 0.3) is 0 Å². The third kappa shape index (κ3) is 2.67. The number of thiophene rings is 1. The fourth-order valence-electron chi connectivity index (χ4n) is 1.61. The number of pyridine rings is 1. The standard InChI is InChI=1S/C13H13N3OS/c1-9-2-4-15-13(11(9)6-14)16-7-12(17)10-3-5-18-8-10/h2-5,8,12,17H,7H2,1H3,(H,15,16). The van der Waals surface area contributed by atoms with Crippen molar-refractivity contribution in [3.63, 3.8) is 0 Å². The smallest absolute Gasteiger partial charge is 0.144 e. The number of hydrogen-bond donors (Lipinski definition) is 2. The van der Waals surface area contributed by atoms with Crippen LogP contribution in [0.2, 0.25) is 0 Å². The number of aryl methyl sites for hydroxylation is 1. The van der Waals surface area contributed by atoms with Gasteiger partial charge in [0.05, 0.1) is 11.7 Å². The molecule has 0 saturated carbocycles. The summed E-state index contributed by atoms with van der Waals surface area (Å²) < 4.78 is 0. The molecule has 18 heavy (non-hydrogen) atoms. The SMILES string of the molecule is Cc1ccnc(NCC(O)c2ccsc2)c1C#N. The fourth-order valence-corrected chi connectivity index (χ4v) is 2.32. The van der Waals surface area contributed by atoms with Crippen LogP contribution in [0.5, 0.6) is 0 Å². The van der Waals surface area contributed by atoms with Crippen LogP contribution >= 0.6 is 11.3 Å². The molecule has 2 heterocycles. The normalized spacial score (nSPS) is 11.8. The number of anilines is 1. The van der Waals surface area contributed by atoms with E-state index in [4.69, 9.17) is 5.26 Å². The summed E-state index contributed by atoms with van der Waals surface area (Å²) >= 11 is 1.54. The first-order valence-corrected chi connectivity index (χ1v) is 6.46. The van der Waals surface area contributed by atoms with Crippen LogP contribution in [0.15, 0.2) is 29.1 Å². The summed E-state index contributed by atoms with van der Waals surface area (Å²) in [5, 5.41) is 25.8. The molecule has 0 aromatic carbocycles. The minimum atomic E-state index is -0.592. The topological polar surface area (TPSA) is 68.9 Å². The Kier molecular flexibility index (Phi) is 3.92. The van der Waals surface area contributed by atoms with Gasteiger partial charge in [0.2, 0.25) is 0 Å². The first-order chi connectivity index (χ1) is 8.72. The number of nitrogens with zero attached hydrogens (tertiary/aromatic N) is 2. The maximum absolute atomic E-state index is 9.94. The first-order valence-electron chi connectivity index (χ1n) is 5.52. The zero-order valence-electron chi connectivity index (χ0n) is 9.92. The molecule has 2 rings (SSSR count). The zero-order valence-corrected chi connectivity index (χ0v) is 10.7. The summed E-state index contributed by atoms with van der Waals surface area (Å²) in [7, 11) is 0. The van der Waals surface area contributed by atoms with Crippen LogP contribution < -0.4 is 5.32 Å². The zero-order chi connectivity index (χ0) is 13.0. The number of aliphatic hydroxyl groups is 1. The van der Waals surface area contributed by atoms with Crippen molar-refractivity contribution < 1.29 is 5.11 Å². The molecule has 0 bridgehead atoms. The van der Waals surface area contributed by atoms with Crippen LogP contribution in [-0.2, 0) is 0 Å². The third-order valence-corrected chi connectivity index (χ3v) is 3.36. The Bertz CT molecular complexity index is 560. The summed E-state index contributed by atoms with van der Waals surface area (Å²) in [6.45, 7) is 2.20. The van der Waals surface area contributed by atoms with E-state index in [2.05, 4.69) is 16.4 Å². The van der Waals surface area contributed by atoms with Crippen molar-refractivity contribution in [1.29, 1.82) is 5.26 Å². The Morgan fingerprint density at radius 3 is 3.06 bits per heavy atom. The predicted molar refractivity (Wildman–Crippen MR) is 71.5 cm³/mol. The Morgan fingerprint density at radius 1 is 1.56 bits per heavy atom. The van der Waals surface area contributed by atoms with Gasteiger partial charge in [0.1, 0.15) is 11.9 Å². The fraction of sp³-hybridized carbons (Fsp3) is 0.231. The van der Waals surface area contributed by atoms with Crippen LogP contribution in [0.25, 0.3) is 0 Å². The molecule has 4 nitrogen and oxygen atoms in total. The van der Waals surface area contributed by atoms with Crippen molar-refractivity contribution in [3.8, 4) is 6.07 Å². The Morgan fingerprint density at radius 2 is 2.39 bits per heavy atom. The molecule has 0 saturated heterocycles. The Hall–Kier alpha value is -1.90. The third-order valence-electron chi connectivity index (χ3n) is 2.66. The Labute approximate surface area is 110 Å². The van der Waals surface area contributed by atoms with Crippen molar-refractivity contribution >= 4 is 17.2 Å². The van der Waals surface area contributed by atoms with Gasteiger partial charge in [-0.25, -0.2) is 4.98 Å². The highest BCUT2D eigenvalue weighted by atomic mass is 32.1. The second kappa shape index (κ2) is 5.63. The van der Waals surface area contributed by atoms with Crippen LogP contribution in [-0.4, -0.2) is 16.6 Å². The van der Waals surface area contributed by atoms with Crippen molar-refractivity contribution in [1.82, 2.24) is 4.98 Å². The summed E-state index contributed by atoms with van der Waals surface area (Å²) in [4.78, 5) is 4.12. The Balaban J connectivity index is 2.07. The maximum Gasteiger partial charge on any atom is 0.144 e. The highest BCUT2D eigenvalue weighted by molar-refractivity contribution is 7.07. The molecule has 0 spiro atoms. The highest BCUT2D eigenvalue weighted by Gasteiger charge is 2.10. The molecular weight excluding hydrogens is 246 g/mol. The molecule has 0 aliphatic rings. The van der Waals surface area contributed by atoms with Gasteiger partial charge in [0, 0.05) is 12.7 Å². The molecular formula is C13H13N3OS. The van der Waals surface area contributed by atoms with Crippen LogP contribution in [0.4, 0.5) is 5.82 Å². The predicted octanol–water partition coefficient (Wildman–Crippen LogP) is 2.47. The van der Waals surface area contributed by atoms with Crippen LogP contribution in [0.3, 0.4) is 0 Å². The highest BCUT2D eigenvalue weighted by Crippen LogP contribution is 2.19. The number of nitriles is 1. The number of aliphatic hydroxyl groups excluding tert-OH is 1. The van der Waals surface area contributed by atoms with Crippen molar-refractivity contribution in [2.24, 2.45) is 0 Å². The number of nitrogens with one attached hydrogen (secondary N) is 1. The lowest BCUT2D eigenvalue weighted by molar-refractivity contribution is 0.192. The van der Waals surface area contributed by atoms with E-state index in [0.29, 0.717) is 17.9 Å². The van der Waals surface area contributed by atoms with E-state index >= 15 is 0 Å². The molecule has 5 heteroatoms. The molecule has 1 unspecified atom stereocenters. The lowest BCUT2D eigenvalue weighted by Gasteiger charge is -2.12. The number of aromatic nitrogens is 1.